The Kier molecular flexibility index (Phi) is 2.60. The highest BCUT2D eigenvalue weighted by atomic mass is 15.2. The van der Waals surface area contributed by atoms with Crippen LogP contribution in [0.5, 0.6) is 0 Å². The summed E-state index contributed by atoms with van der Waals surface area (Å²) in [7, 11) is 0. The van der Waals surface area contributed by atoms with Crippen LogP contribution < -0.4 is 11.1 Å². The fraction of sp³-hybridized carbons (Fsp3) is 0.929. The van der Waals surface area contributed by atoms with Crippen molar-refractivity contribution in [3.63, 3.8) is 0 Å². The summed E-state index contributed by atoms with van der Waals surface area (Å²) in [4.78, 5) is 4.67. The highest BCUT2D eigenvalue weighted by molar-refractivity contribution is 5.79. The number of nitrogens with one attached hydrogen (secondary N) is 1. The predicted molar refractivity (Wildman–Crippen MR) is 70.8 cm³/mol. The van der Waals surface area contributed by atoms with Crippen molar-refractivity contribution in [2.45, 2.75) is 64.5 Å². The Morgan fingerprint density at radius 3 is 3.00 bits per heavy atom. The Morgan fingerprint density at radius 2 is 2.24 bits per heavy atom. The van der Waals surface area contributed by atoms with Crippen molar-refractivity contribution in [2.24, 2.45) is 28.0 Å². The monoisotopic (exact) mass is 235 g/mol. The van der Waals surface area contributed by atoms with Gasteiger partial charge in [-0.25, -0.2) is 4.99 Å². The number of hydrogen-bond acceptors (Lipinski definition) is 3. The van der Waals surface area contributed by atoms with Gasteiger partial charge >= 0.3 is 0 Å². The minimum absolute atomic E-state index is 0.506. The Labute approximate surface area is 104 Å². The molecule has 0 spiro atoms. The highest BCUT2D eigenvalue weighted by Crippen LogP contribution is 2.53. The number of nitrogens with zero attached hydrogens (tertiary/aromatic N) is 1. The van der Waals surface area contributed by atoms with Gasteiger partial charge in [0.2, 0.25) is 0 Å². The molecule has 0 bridgehead atoms. The van der Waals surface area contributed by atoms with Gasteiger partial charge in [0.25, 0.3) is 0 Å². The average Bonchev–Trinajstić information content (AvgIpc) is 2.33. The molecular formula is C14H25N3. The van der Waals surface area contributed by atoms with Crippen LogP contribution in [0.1, 0.15) is 52.4 Å². The van der Waals surface area contributed by atoms with Gasteiger partial charge in [-0.05, 0) is 37.0 Å². The molecule has 2 fully saturated rings. The number of nitrogens with two attached hydrogens (primary N) is 1. The zero-order chi connectivity index (χ0) is 12.0. The molecule has 0 aromatic heterocycles. The molecule has 1 aliphatic heterocycles. The maximum Gasteiger partial charge on any atom is 0.189 e. The first-order valence-corrected chi connectivity index (χ1v) is 7.24. The van der Waals surface area contributed by atoms with Crippen molar-refractivity contribution in [3.05, 3.63) is 0 Å². The van der Waals surface area contributed by atoms with Gasteiger partial charge in [0, 0.05) is 12.0 Å². The third-order valence-electron chi connectivity index (χ3n) is 5.76. The second kappa shape index (κ2) is 3.89. The van der Waals surface area contributed by atoms with E-state index in [0.29, 0.717) is 23.5 Å². The molecule has 2 aliphatic carbocycles. The second-order valence-corrected chi connectivity index (χ2v) is 6.49. The van der Waals surface area contributed by atoms with Gasteiger partial charge in [-0.2, -0.15) is 0 Å². The number of guanidine groups is 1. The molecule has 3 aliphatic rings. The van der Waals surface area contributed by atoms with Crippen molar-refractivity contribution in [1.82, 2.24) is 5.32 Å². The summed E-state index contributed by atoms with van der Waals surface area (Å²) in [6.45, 7) is 4.86. The lowest BCUT2D eigenvalue weighted by molar-refractivity contribution is -0.00912. The van der Waals surface area contributed by atoms with E-state index in [4.69, 9.17) is 5.73 Å². The van der Waals surface area contributed by atoms with E-state index in [0.717, 1.165) is 11.8 Å². The van der Waals surface area contributed by atoms with Gasteiger partial charge in [-0.15, -0.1) is 0 Å². The Morgan fingerprint density at radius 1 is 1.41 bits per heavy atom. The van der Waals surface area contributed by atoms with E-state index in [9.17, 15) is 0 Å². The number of rotatable bonds is 1. The van der Waals surface area contributed by atoms with Crippen LogP contribution in [0.4, 0.5) is 0 Å². The van der Waals surface area contributed by atoms with Crippen molar-refractivity contribution in [3.8, 4) is 0 Å². The lowest BCUT2D eigenvalue weighted by Crippen LogP contribution is -2.60. The third kappa shape index (κ3) is 1.66. The van der Waals surface area contributed by atoms with Crippen LogP contribution in [0, 0.1) is 17.3 Å². The van der Waals surface area contributed by atoms with E-state index in [2.05, 4.69) is 24.2 Å². The Hall–Kier alpha value is -0.730. The van der Waals surface area contributed by atoms with Gasteiger partial charge in [-0.1, -0.05) is 26.7 Å². The first kappa shape index (κ1) is 11.4. The van der Waals surface area contributed by atoms with Gasteiger partial charge in [0.1, 0.15) is 0 Å². The van der Waals surface area contributed by atoms with E-state index in [1.165, 1.54) is 38.5 Å². The van der Waals surface area contributed by atoms with Crippen LogP contribution in [-0.2, 0) is 0 Å². The summed E-state index contributed by atoms with van der Waals surface area (Å²) < 4.78 is 0. The third-order valence-corrected chi connectivity index (χ3v) is 5.76. The standard InChI is InChI=1S/C14H25N3/c1-3-14(2)8-7-11-12-9(14)5-4-6-10(12)16-13(15)17-11/h9-12H,3-8H2,1-2H3,(H3,15,16,17). The average molecular weight is 235 g/mol. The van der Waals surface area contributed by atoms with Crippen LogP contribution >= 0.6 is 0 Å². The largest absolute Gasteiger partial charge is 0.370 e. The van der Waals surface area contributed by atoms with E-state index >= 15 is 0 Å². The molecule has 2 saturated carbocycles. The molecule has 17 heavy (non-hydrogen) atoms. The smallest absolute Gasteiger partial charge is 0.189 e. The summed E-state index contributed by atoms with van der Waals surface area (Å²) >= 11 is 0. The molecule has 5 atom stereocenters. The van der Waals surface area contributed by atoms with E-state index < -0.39 is 0 Å². The summed E-state index contributed by atoms with van der Waals surface area (Å²) in [5.41, 5.74) is 6.46. The van der Waals surface area contributed by atoms with Gasteiger partial charge in [-0.3, -0.25) is 0 Å². The fourth-order valence-electron chi connectivity index (χ4n) is 4.59. The molecule has 3 nitrogen and oxygen atoms in total. The predicted octanol–water partition coefficient (Wildman–Crippen LogP) is 2.27. The maximum absolute atomic E-state index is 5.92. The summed E-state index contributed by atoms with van der Waals surface area (Å²) in [6, 6.07) is 1.11. The van der Waals surface area contributed by atoms with Gasteiger partial charge in [0.05, 0.1) is 6.04 Å². The Bertz CT molecular complexity index is 338. The molecule has 0 aromatic carbocycles. The maximum atomic E-state index is 5.92. The molecule has 1 heterocycles. The summed E-state index contributed by atoms with van der Waals surface area (Å²) in [5.74, 6) is 2.29. The minimum Gasteiger partial charge on any atom is -0.370 e. The Balaban J connectivity index is 1.93. The molecule has 3 N–H and O–H groups in total. The van der Waals surface area contributed by atoms with Crippen molar-refractivity contribution < 1.29 is 0 Å². The number of aliphatic imine (C=N–C) groups is 1. The molecule has 3 rings (SSSR count). The quantitative estimate of drug-likeness (QED) is 0.732. The van der Waals surface area contributed by atoms with Gasteiger partial charge < -0.3 is 11.1 Å². The second-order valence-electron chi connectivity index (χ2n) is 6.49. The molecular weight excluding hydrogens is 210 g/mol. The zero-order valence-electron chi connectivity index (χ0n) is 11.1. The molecule has 0 saturated heterocycles. The van der Waals surface area contributed by atoms with Crippen LogP contribution in [0.15, 0.2) is 4.99 Å². The topological polar surface area (TPSA) is 50.4 Å². The first-order chi connectivity index (χ1) is 8.14. The first-order valence-electron chi connectivity index (χ1n) is 7.24. The lowest BCUT2D eigenvalue weighted by atomic mass is 9.54. The van der Waals surface area contributed by atoms with Gasteiger partial charge in [0.15, 0.2) is 5.96 Å². The van der Waals surface area contributed by atoms with E-state index in [-0.39, 0.29) is 0 Å². The van der Waals surface area contributed by atoms with Crippen LogP contribution in [0.25, 0.3) is 0 Å². The molecule has 0 amide bonds. The van der Waals surface area contributed by atoms with Crippen molar-refractivity contribution in [1.29, 1.82) is 0 Å². The normalized spacial score (nSPS) is 48.9. The van der Waals surface area contributed by atoms with Crippen LogP contribution in [0.2, 0.25) is 0 Å². The molecule has 0 aromatic rings. The summed E-state index contributed by atoms with van der Waals surface area (Å²) in [5, 5.41) is 3.44. The SMILES string of the molecule is CCC1(C)CCC2N=C(N)NC3CCCC1C23. The van der Waals surface area contributed by atoms with Crippen molar-refractivity contribution in [2.75, 3.05) is 0 Å². The van der Waals surface area contributed by atoms with Crippen LogP contribution in [0.3, 0.4) is 0 Å². The van der Waals surface area contributed by atoms with Crippen LogP contribution in [-0.4, -0.2) is 18.0 Å². The number of hydrogen-bond donors (Lipinski definition) is 2. The highest BCUT2D eigenvalue weighted by Gasteiger charge is 2.51. The molecule has 5 unspecified atom stereocenters. The van der Waals surface area contributed by atoms with E-state index in [1.54, 1.807) is 0 Å². The molecule has 96 valence electrons. The fourth-order valence-corrected chi connectivity index (χ4v) is 4.59. The minimum atomic E-state index is 0.506. The lowest BCUT2D eigenvalue weighted by Gasteiger charge is -2.55. The van der Waals surface area contributed by atoms with E-state index in [1.807, 2.05) is 0 Å². The molecule has 3 heteroatoms. The molecule has 0 radical (unpaired) electrons. The zero-order valence-corrected chi connectivity index (χ0v) is 11.1. The van der Waals surface area contributed by atoms with Crippen molar-refractivity contribution >= 4 is 5.96 Å². The summed E-state index contributed by atoms with van der Waals surface area (Å²) in [6.07, 6.45) is 7.93.